The summed E-state index contributed by atoms with van der Waals surface area (Å²) < 4.78 is 13.0. The zero-order valence-electron chi connectivity index (χ0n) is 10.9. The fraction of sp³-hybridized carbons (Fsp3) is 0.250. The average Bonchev–Trinajstić information content (AvgIpc) is 2.47. The van der Waals surface area contributed by atoms with Gasteiger partial charge in [-0.1, -0.05) is 0 Å². The molecule has 0 saturated carbocycles. The lowest BCUT2D eigenvalue weighted by atomic mass is 9.90. The molecule has 0 unspecified atom stereocenters. The van der Waals surface area contributed by atoms with E-state index in [0.29, 0.717) is 0 Å². The number of halogens is 1. The summed E-state index contributed by atoms with van der Waals surface area (Å²) in [4.78, 5) is 14.8. The minimum atomic E-state index is -0.354. The molecule has 1 aromatic carbocycles. The first-order valence-electron chi connectivity index (χ1n) is 6.65. The molecule has 1 heterocycles. The summed E-state index contributed by atoms with van der Waals surface area (Å²) in [6.07, 6.45) is 3.63. The molecule has 0 amide bonds. The minimum Gasteiger partial charge on any atom is -0.321 e. The first-order valence-corrected chi connectivity index (χ1v) is 6.65. The van der Waals surface area contributed by atoms with Gasteiger partial charge >= 0.3 is 0 Å². The van der Waals surface area contributed by atoms with Crippen LogP contribution in [0.25, 0.3) is 11.3 Å². The van der Waals surface area contributed by atoms with E-state index in [4.69, 9.17) is 5.26 Å². The second kappa shape index (κ2) is 4.93. The van der Waals surface area contributed by atoms with Crippen molar-refractivity contribution in [2.45, 2.75) is 25.7 Å². The maximum Gasteiger partial charge on any atom is 0.266 e. The third-order valence-electron chi connectivity index (χ3n) is 3.78. The van der Waals surface area contributed by atoms with Crippen molar-refractivity contribution in [3.63, 3.8) is 0 Å². The Morgan fingerprint density at radius 3 is 2.40 bits per heavy atom. The lowest BCUT2D eigenvalue weighted by molar-refractivity contribution is 0.628. The molecule has 100 valence electrons. The van der Waals surface area contributed by atoms with Gasteiger partial charge in [-0.25, -0.2) is 4.39 Å². The fourth-order valence-corrected chi connectivity index (χ4v) is 2.83. The van der Waals surface area contributed by atoms with E-state index in [1.54, 1.807) is 12.1 Å². The van der Waals surface area contributed by atoms with Crippen molar-refractivity contribution in [3.8, 4) is 17.3 Å². The summed E-state index contributed by atoms with van der Waals surface area (Å²) >= 11 is 0. The van der Waals surface area contributed by atoms with Crippen molar-refractivity contribution >= 4 is 0 Å². The Morgan fingerprint density at radius 1 is 1.10 bits per heavy atom. The van der Waals surface area contributed by atoms with E-state index < -0.39 is 0 Å². The Labute approximate surface area is 115 Å². The van der Waals surface area contributed by atoms with E-state index >= 15 is 0 Å². The molecule has 4 heteroatoms. The molecule has 0 bridgehead atoms. The summed E-state index contributed by atoms with van der Waals surface area (Å²) in [7, 11) is 0. The highest BCUT2D eigenvalue weighted by Crippen LogP contribution is 2.30. The molecular formula is C16H13FN2O. The third-order valence-corrected chi connectivity index (χ3v) is 3.78. The minimum absolute atomic E-state index is 0.227. The summed E-state index contributed by atoms with van der Waals surface area (Å²) in [5.74, 6) is -0.307. The number of aromatic nitrogens is 1. The molecule has 1 aromatic heterocycles. The molecular weight excluding hydrogens is 256 g/mol. The number of benzene rings is 1. The molecule has 0 atom stereocenters. The van der Waals surface area contributed by atoms with E-state index in [2.05, 4.69) is 4.98 Å². The van der Waals surface area contributed by atoms with Gasteiger partial charge in [-0.05, 0) is 66.6 Å². The summed E-state index contributed by atoms with van der Waals surface area (Å²) in [6.45, 7) is 0. The highest BCUT2D eigenvalue weighted by atomic mass is 19.1. The van der Waals surface area contributed by atoms with Gasteiger partial charge in [0.15, 0.2) is 0 Å². The monoisotopic (exact) mass is 269 g/mol. The number of hydrogen-bond acceptors (Lipinski definition) is 2. The van der Waals surface area contributed by atoms with Crippen LogP contribution in [-0.4, -0.2) is 4.98 Å². The third kappa shape index (κ3) is 2.01. The first kappa shape index (κ1) is 12.6. The van der Waals surface area contributed by atoms with Crippen molar-refractivity contribution < 1.29 is 4.39 Å². The highest BCUT2D eigenvalue weighted by molar-refractivity contribution is 5.66. The van der Waals surface area contributed by atoms with E-state index in [-0.39, 0.29) is 16.9 Å². The van der Waals surface area contributed by atoms with Crippen LogP contribution in [0.15, 0.2) is 29.1 Å². The first-order chi connectivity index (χ1) is 9.70. The van der Waals surface area contributed by atoms with E-state index in [1.165, 1.54) is 12.1 Å². The molecule has 1 aliphatic carbocycles. The van der Waals surface area contributed by atoms with Gasteiger partial charge in [0.1, 0.15) is 17.4 Å². The molecule has 2 aromatic rings. The summed E-state index contributed by atoms with van der Waals surface area (Å²) in [5, 5.41) is 9.15. The molecule has 0 fully saturated rings. The van der Waals surface area contributed by atoms with Gasteiger partial charge in [0.05, 0.1) is 5.69 Å². The van der Waals surface area contributed by atoms with Crippen LogP contribution in [0.2, 0.25) is 0 Å². The number of nitriles is 1. The van der Waals surface area contributed by atoms with Crippen LogP contribution in [0.1, 0.15) is 29.5 Å². The molecule has 3 rings (SSSR count). The maximum absolute atomic E-state index is 13.0. The normalized spacial score (nSPS) is 13.6. The smallest absolute Gasteiger partial charge is 0.266 e. The van der Waals surface area contributed by atoms with E-state index in [9.17, 15) is 9.18 Å². The van der Waals surface area contributed by atoms with Crippen molar-refractivity contribution in [1.82, 2.24) is 4.98 Å². The zero-order valence-corrected chi connectivity index (χ0v) is 10.9. The van der Waals surface area contributed by atoms with Crippen LogP contribution in [0, 0.1) is 17.1 Å². The molecule has 0 radical (unpaired) electrons. The van der Waals surface area contributed by atoms with Crippen LogP contribution in [0.5, 0.6) is 0 Å². The Morgan fingerprint density at radius 2 is 1.75 bits per heavy atom. The number of H-pyrrole nitrogens is 1. The molecule has 20 heavy (non-hydrogen) atoms. The number of pyridine rings is 1. The number of fused-ring (bicyclic) bond motifs is 1. The van der Waals surface area contributed by atoms with Gasteiger partial charge in [0.2, 0.25) is 0 Å². The Bertz CT molecular complexity index is 754. The molecule has 0 spiro atoms. The summed E-state index contributed by atoms with van der Waals surface area (Å²) in [6, 6.07) is 8.07. The molecule has 1 aliphatic rings. The van der Waals surface area contributed by atoms with Gasteiger partial charge < -0.3 is 4.98 Å². The maximum atomic E-state index is 13.0. The Balaban J connectivity index is 2.27. The number of hydrogen-bond donors (Lipinski definition) is 1. The standard InChI is InChI=1S/C16H13FN2O/c17-11-7-5-10(6-8-11)15-13-4-2-1-3-12(13)14(9-18)16(20)19-15/h5-8H,1-4H2,(H,19,20)/i14+1. The fourth-order valence-electron chi connectivity index (χ4n) is 2.83. The molecule has 3 nitrogen and oxygen atoms in total. The molecule has 0 saturated heterocycles. The molecule has 1 N–H and O–H groups in total. The molecule has 0 aliphatic heterocycles. The second-order valence-electron chi connectivity index (χ2n) is 4.99. The number of nitrogens with one attached hydrogen (secondary N) is 1. The van der Waals surface area contributed by atoms with Gasteiger partial charge in [-0.2, -0.15) is 5.26 Å². The number of aromatic amines is 1. The second-order valence-corrected chi connectivity index (χ2v) is 4.99. The van der Waals surface area contributed by atoms with Gasteiger partial charge in [0.25, 0.3) is 5.56 Å². The predicted octanol–water partition coefficient (Wildman–Crippen LogP) is 2.93. The quantitative estimate of drug-likeness (QED) is 0.865. The van der Waals surface area contributed by atoms with Crippen LogP contribution < -0.4 is 5.56 Å². The van der Waals surface area contributed by atoms with E-state index in [1.807, 2.05) is 6.07 Å². The Kier molecular flexibility index (Phi) is 3.11. The Hall–Kier alpha value is -2.41. The van der Waals surface area contributed by atoms with Gasteiger partial charge in [0, 0.05) is 0 Å². The highest BCUT2D eigenvalue weighted by Gasteiger charge is 2.20. The number of nitrogens with zero attached hydrogens (tertiary/aromatic N) is 1. The van der Waals surface area contributed by atoms with Crippen LogP contribution in [0.3, 0.4) is 0 Å². The van der Waals surface area contributed by atoms with Gasteiger partial charge in [-0.3, -0.25) is 4.79 Å². The van der Waals surface area contributed by atoms with Crippen molar-refractivity contribution in [3.05, 3.63) is 57.1 Å². The lowest BCUT2D eigenvalue weighted by Crippen LogP contribution is -2.20. The van der Waals surface area contributed by atoms with Crippen molar-refractivity contribution in [2.24, 2.45) is 0 Å². The van der Waals surface area contributed by atoms with Crippen LogP contribution >= 0.6 is 0 Å². The predicted molar refractivity (Wildman–Crippen MR) is 73.8 cm³/mol. The van der Waals surface area contributed by atoms with Crippen molar-refractivity contribution in [1.29, 1.82) is 5.26 Å². The zero-order chi connectivity index (χ0) is 14.1. The average molecular weight is 269 g/mol. The van der Waals surface area contributed by atoms with Crippen LogP contribution in [0.4, 0.5) is 4.39 Å². The topological polar surface area (TPSA) is 56.6 Å². The van der Waals surface area contributed by atoms with Crippen LogP contribution in [-0.2, 0) is 12.8 Å². The summed E-state index contributed by atoms with van der Waals surface area (Å²) in [5.41, 5.74) is 3.27. The number of rotatable bonds is 1. The van der Waals surface area contributed by atoms with Gasteiger partial charge in [-0.15, -0.1) is 0 Å². The lowest BCUT2D eigenvalue weighted by Gasteiger charge is -2.20. The SMILES string of the molecule is N#C[13c]1c2c(c(-c3ccc(F)cc3)[nH]c1=O)CCCC2. The van der Waals surface area contributed by atoms with E-state index in [0.717, 1.165) is 48.1 Å². The van der Waals surface area contributed by atoms with Crippen molar-refractivity contribution in [2.75, 3.05) is 0 Å². The largest absolute Gasteiger partial charge is 0.321 e.